The predicted octanol–water partition coefficient (Wildman–Crippen LogP) is 3.60. The number of nitriles is 1. The Kier molecular flexibility index (Phi) is 4.96. The summed E-state index contributed by atoms with van der Waals surface area (Å²) in [6.45, 7) is 2.31. The van der Waals surface area contributed by atoms with Gasteiger partial charge < -0.3 is 4.90 Å². The fourth-order valence-corrected chi connectivity index (χ4v) is 1.82. The van der Waals surface area contributed by atoms with Crippen LogP contribution in [0.5, 0.6) is 0 Å². The minimum absolute atomic E-state index is 0.136. The molecule has 1 rings (SSSR count). The van der Waals surface area contributed by atoms with Crippen molar-refractivity contribution in [2.24, 2.45) is 0 Å². The lowest BCUT2D eigenvalue weighted by molar-refractivity contribution is -0.137. The van der Waals surface area contributed by atoms with Crippen molar-refractivity contribution in [3.8, 4) is 6.07 Å². The molecule has 1 aromatic heterocycles. The minimum Gasteiger partial charge on any atom is -0.355 e. The highest BCUT2D eigenvalue weighted by Gasteiger charge is 2.35. The van der Waals surface area contributed by atoms with Crippen LogP contribution < -0.4 is 4.90 Å². The lowest BCUT2D eigenvalue weighted by Gasteiger charge is -2.24. The van der Waals surface area contributed by atoms with E-state index in [1.807, 2.05) is 6.07 Å². The first kappa shape index (κ1) is 14.8. The quantitative estimate of drug-likeness (QED) is 0.850. The number of anilines is 1. The third kappa shape index (κ3) is 3.60. The molecule has 0 amide bonds. The number of halogens is 4. The highest BCUT2D eigenvalue weighted by atomic mass is 79.9. The van der Waals surface area contributed by atoms with Gasteiger partial charge >= 0.3 is 6.18 Å². The van der Waals surface area contributed by atoms with Gasteiger partial charge in [0.2, 0.25) is 0 Å². The first-order valence-corrected chi connectivity index (χ1v) is 6.04. The summed E-state index contributed by atoms with van der Waals surface area (Å²) in [7, 11) is 0. The van der Waals surface area contributed by atoms with E-state index in [2.05, 4.69) is 20.9 Å². The molecule has 3 nitrogen and oxygen atoms in total. The number of hydrogen-bond donors (Lipinski definition) is 0. The molecule has 0 bridgehead atoms. The lowest BCUT2D eigenvalue weighted by Crippen LogP contribution is -2.27. The Bertz CT molecular complexity index is 454. The second kappa shape index (κ2) is 6.05. The molecule has 0 N–H and O–H groups in total. The zero-order chi connectivity index (χ0) is 13.8. The summed E-state index contributed by atoms with van der Waals surface area (Å²) in [5.41, 5.74) is -0.795. The standard InChI is InChI=1S/C11H11BrF3N3/c1-2-18(5-3-4-16)10-9(11(13,14)15)6-8(12)7-17-10/h6-7H,2-3,5H2,1H3. The van der Waals surface area contributed by atoms with Crippen molar-refractivity contribution in [2.45, 2.75) is 19.5 Å². The van der Waals surface area contributed by atoms with Gasteiger partial charge in [-0.2, -0.15) is 18.4 Å². The second-order valence-corrected chi connectivity index (χ2v) is 4.43. The lowest BCUT2D eigenvalue weighted by atomic mass is 10.2. The summed E-state index contributed by atoms with van der Waals surface area (Å²) in [6, 6.07) is 2.91. The van der Waals surface area contributed by atoms with Crippen molar-refractivity contribution >= 4 is 21.7 Å². The minimum atomic E-state index is -4.47. The number of nitrogens with zero attached hydrogens (tertiary/aromatic N) is 3. The molecular weight excluding hydrogens is 311 g/mol. The largest absolute Gasteiger partial charge is 0.419 e. The summed E-state index contributed by atoms with van der Waals surface area (Å²) in [5.74, 6) is -0.136. The molecule has 1 aromatic rings. The van der Waals surface area contributed by atoms with E-state index in [9.17, 15) is 13.2 Å². The average molecular weight is 322 g/mol. The third-order valence-corrected chi connectivity index (χ3v) is 2.75. The molecule has 0 fully saturated rings. The van der Waals surface area contributed by atoms with Crippen LogP contribution in [0.2, 0.25) is 0 Å². The van der Waals surface area contributed by atoms with E-state index < -0.39 is 11.7 Å². The van der Waals surface area contributed by atoms with Crippen molar-refractivity contribution < 1.29 is 13.2 Å². The highest BCUT2D eigenvalue weighted by Crippen LogP contribution is 2.36. The van der Waals surface area contributed by atoms with Crippen LogP contribution in [0.1, 0.15) is 18.9 Å². The molecule has 98 valence electrons. The van der Waals surface area contributed by atoms with Crippen molar-refractivity contribution in [3.05, 3.63) is 22.3 Å². The van der Waals surface area contributed by atoms with Crippen molar-refractivity contribution in [1.29, 1.82) is 5.26 Å². The molecule has 0 unspecified atom stereocenters. The van der Waals surface area contributed by atoms with Crippen molar-refractivity contribution in [2.75, 3.05) is 18.0 Å². The molecule has 0 spiro atoms. The molecular formula is C11H11BrF3N3. The zero-order valence-corrected chi connectivity index (χ0v) is 11.2. The summed E-state index contributed by atoms with van der Waals surface area (Å²) >= 11 is 2.98. The van der Waals surface area contributed by atoms with Gasteiger partial charge in [0.1, 0.15) is 5.82 Å². The topological polar surface area (TPSA) is 39.9 Å². The van der Waals surface area contributed by atoms with Crippen molar-refractivity contribution in [3.63, 3.8) is 0 Å². The van der Waals surface area contributed by atoms with E-state index in [1.54, 1.807) is 6.92 Å². The summed E-state index contributed by atoms with van der Waals surface area (Å²) in [6.07, 6.45) is -2.99. The van der Waals surface area contributed by atoms with Gasteiger partial charge in [0.25, 0.3) is 0 Å². The van der Waals surface area contributed by atoms with Gasteiger partial charge in [-0.1, -0.05) is 0 Å². The second-order valence-electron chi connectivity index (χ2n) is 3.51. The van der Waals surface area contributed by atoms with E-state index >= 15 is 0 Å². The number of hydrogen-bond acceptors (Lipinski definition) is 3. The molecule has 7 heteroatoms. The van der Waals surface area contributed by atoms with E-state index in [0.717, 1.165) is 6.07 Å². The van der Waals surface area contributed by atoms with Gasteiger partial charge in [0, 0.05) is 23.8 Å². The Morgan fingerprint density at radius 1 is 1.50 bits per heavy atom. The predicted molar refractivity (Wildman–Crippen MR) is 65.1 cm³/mol. The Balaban J connectivity index is 3.18. The normalized spacial score (nSPS) is 11.1. The number of alkyl halides is 3. The van der Waals surface area contributed by atoms with Gasteiger partial charge in [-0.25, -0.2) is 4.98 Å². The van der Waals surface area contributed by atoms with E-state index in [0.29, 0.717) is 6.54 Å². The van der Waals surface area contributed by atoms with Gasteiger partial charge in [0.05, 0.1) is 18.1 Å². The first-order chi connectivity index (χ1) is 8.40. The molecule has 0 aliphatic rings. The maximum atomic E-state index is 12.9. The maximum Gasteiger partial charge on any atom is 0.419 e. The van der Waals surface area contributed by atoms with Gasteiger partial charge in [0.15, 0.2) is 0 Å². The van der Waals surface area contributed by atoms with Crippen LogP contribution in [-0.4, -0.2) is 18.1 Å². The molecule has 0 saturated heterocycles. The number of rotatable bonds is 4. The first-order valence-electron chi connectivity index (χ1n) is 5.24. The van der Waals surface area contributed by atoms with Gasteiger partial charge in [-0.3, -0.25) is 0 Å². The molecule has 18 heavy (non-hydrogen) atoms. The van der Waals surface area contributed by atoms with Crippen LogP contribution in [-0.2, 0) is 6.18 Å². The van der Waals surface area contributed by atoms with Crippen LogP contribution in [0.25, 0.3) is 0 Å². The SMILES string of the molecule is CCN(CCC#N)c1ncc(Br)cc1C(F)(F)F. The molecule has 0 aliphatic heterocycles. The van der Waals surface area contributed by atoms with Crippen LogP contribution in [0, 0.1) is 11.3 Å². The summed E-state index contributed by atoms with van der Waals surface area (Å²) in [5, 5.41) is 8.50. The Morgan fingerprint density at radius 3 is 2.67 bits per heavy atom. The Hall–Kier alpha value is -1.29. The van der Waals surface area contributed by atoms with Gasteiger partial charge in [-0.05, 0) is 28.9 Å². The fourth-order valence-electron chi connectivity index (χ4n) is 1.49. The smallest absolute Gasteiger partial charge is 0.355 e. The van der Waals surface area contributed by atoms with Crippen LogP contribution in [0.4, 0.5) is 19.0 Å². The molecule has 0 atom stereocenters. The number of pyridine rings is 1. The number of aromatic nitrogens is 1. The van der Waals surface area contributed by atoms with Crippen LogP contribution >= 0.6 is 15.9 Å². The summed E-state index contributed by atoms with van der Waals surface area (Å²) in [4.78, 5) is 5.26. The average Bonchev–Trinajstić information content (AvgIpc) is 2.30. The van der Waals surface area contributed by atoms with E-state index in [1.165, 1.54) is 11.1 Å². The van der Waals surface area contributed by atoms with Crippen LogP contribution in [0.15, 0.2) is 16.7 Å². The molecule has 0 radical (unpaired) electrons. The monoisotopic (exact) mass is 321 g/mol. The maximum absolute atomic E-state index is 12.9. The Morgan fingerprint density at radius 2 is 2.17 bits per heavy atom. The molecule has 0 aliphatic carbocycles. The molecule has 1 heterocycles. The van der Waals surface area contributed by atoms with Crippen LogP contribution in [0.3, 0.4) is 0 Å². The van der Waals surface area contributed by atoms with E-state index in [-0.39, 0.29) is 23.3 Å². The fraction of sp³-hybridized carbons (Fsp3) is 0.455. The highest BCUT2D eigenvalue weighted by molar-refractivity contribution is 9.10. The molecule has 0 aromatic carbocycles. The zero-order valence-electron chi connectivity index (χ0n) is 9.63. The van der Waals surface area contributed by atoms with Crippen molar-refractivity contribution in [1.82, 2.24) is 4.98 Å². The Labute approximate surface area is 111 Å². The molecule has 0 saturated carbocycles. The van der Waals surface area contributed by atoms with Gasteiger partial charge in [-0.15, -0.1) is 0 Å². The van der Waals surface area contributed by atoms with E-state index in [4.69, 9.17) is 5.26 Å². The third-order valence-electron chi connectivity index (χ3n) is 2.31. The summed E-state index contributed by atoms with van der Waals surface area (Å²) < 4.78 is 39.0.